The van der Waals surface area contributed by atoms with Crippen LogP contribution in [0.5, 0.6) is 0 Å². The lowest BCUT2D eigenvalue weighted by molar-refractivity contribution is 0.541. The highest BCUT2D eigenvalue weighted by atomic mass is 16.4. The summed E-state index contributed by atoms with van der Waals surface area (Å²) in [7, 11) is 0. The molecular weight excluding hydrogens is 178 g/mol. The maximum Gasteiger partial charge on any atom is 0.226 e. The van der Waals surface area contributed by atoms with Gasteiger partial charge in [0.25, 0.3) is 0 Å². The molecule has 4 heteroatoms. The Morgan fingerprint density at radius 1 is 1.43 bits per heavy atom. The summed E-state index contributed by atoms with van der Waals surface area (Å²) in [5, 5.41) is 0. The molecule has 0 saturated heterocycles. The molecule has 72 valence electrons. The first-order valence-electron chi connectivity index (χ1n) is 4.37. The van der Waals surface area contributed by atoms with E-state index in [-0.39, 0.29) is 0 Å². The average Bonchev–Trinajstić information content (AvgIpc) is 2.65. The maximum absolute atomic E-state index is 5.59. The Morgan fingerprint density at radius 3 is 2.93 bits per heavy atom. The van der Waals surface area contributed by atoms with E-state index in [1.165, 1.54) is 0 Å². The summed E-state index contributed by atoms with van der Waals surface area (Å²) in [6.07, 6.45) is 5.12. The molecule has 2 N–H and O–H groups in total. The van der Waals surface area contributed by atoms with Gasteiger partial charge in [-0.25, -0.2) is 4.98 Å². The lowest BCUT2D eigenvalue weighted by Gasteiger charge is -2.01. The Balaban J connectivity index is 2.50. The van der Waals surface area contributed by atoms with Crippen LogP contribution >= 0.6 is 0 Å². The summed E-state index contributed by atoms with van der Waals surface area (Å²) in [5.74, 6) is 1.39. The number of aryl methyl sites for hydroxylation is 1. The SMILES string of the molecule is Cc1cnc(-c2ccncc2CN)o1. The van der Waals surface area contributed by atoms with E-state index < -0.39 is 0 Å². The van der Waals surface area contributed by atoms with E-state index in [0.717, 1.165) is 16.9 Å². The quantitative estimate of drug-likeness (QED) is 0.777. The second-order valence-electron chi connectivity index (χ2n) is 3.01. The summed E-state index contributed by atoms with van der Waals surface area (Å²) in [4.78, 5) is 8.14. The zero-order valence-corrected chi connectivity index (χ0v) is 7.90. The molecule has 0 saturated carbocycles. The van der Waals surface area contributed by atoms with Gasteiger partial charge in [0, 0.05) is 24.5 Å². The number of nitrogens with two attached hydrogens (primary N) is 1. The molecule has 2 rings (SSSR count). The van der Waals surface area contributed by atoms with Crippen LogP contribution in [0.1, 0.15) is 11.3 Å². The number of hydrogen-bond acceptors (Lipinski definition) is 4. The van der Waals surface area contributed by atoms with Gasteiger partial charge in [0.15, 0.2) is 0 Å². The van der Waals surface area contributed by atoms with Crippen molar-refractivity contribution in [1.82, 2.24) is 9.97 Å². The molecule has 2 aromatic rings. The number of hydrogen-bond donors (Lipinski definition) is 1. The van der Waals surface area contributed by atoms with Gasteiger partial charge in [-0.15, -0.1) is 0 Å². The Kier molecular flexibility index (Phi) is 2.28. The molecule has 2 heterocycles. The van der Waals surface area contributed by atoms with E-state index in [4.69, 9.17) is 10.2 Å². The van der Waals surface area contributed by atoms with E-state index in [1.54, 1.807) is 18.6 Å². The molecule has 0 fully saturated rings. The van der Waals surface area contributed by atoms with Gasteiger partial charge in [0.1, 0.15) is 5.76 Å². The second kappa shape index (κ2) is 3.59. The van der Waals surface area contributed by atoms with Crippen LogP contribution < -0.4 is 5.73 Å². The highest BCUT2D eigenvalue weighted by molar-refractivity contribution is 5.57. The van der Waals surface area contributed by atoms with Crippen molar-refractivity contribution < 1.29 is 4.42 Å². The van der Waals surface area contributed by atoms with Crippen molar-refractivity contribution >= 4 is 0 Å². The molecule has 0 aliphatic heterocycles. The van der Waals surface area contributed by atoms with Crippen LogP contribution in [0.15, 0.2) is 29.1 Å². The van der Waals surface area contributed by atoms with Crippen molar-refractivity contribution in [2.75, 3.05) is 0 Å². The molecule has 4 nitrogen and oxygen atoms in total. The van der Waals surface area contributed by atoms with Gasteiger partial charge in [0.2, 0.25) is 5.89 Å². The van der Waals surface area contributed by atoms with Crippen LogP contribution in [0.25, 0.3) is 11.5 Å². The highest BCUT2D eigenvalue weighted by Gasteiger charge is 2.08. The predicted molar refractivity (Wildman–Crippen MR) is 52.4 cm³/mol. The largest absolute Gasteiger partial charge is 0.441 e. The molecular formula is C10H11N3O. The normalized spacial score (nSPS) is 10.4. The summed E-state index contributed by atoms with van der Waals surface area (Å²) in [6, 6.07) is 1.85. The zero-order valence-electron chi connectivity index (χ0n) is 7.90. The van der Waals surface area contributed by atoms with E-state index in [1.807, 2.05) is 13.0 Å². The van der Waals surface area contributed by atoms with Crippen molar-refractivity contribution in [3.63, 3.8) is 0 Å². The van der Waals surface area contributed by atoms with Crippen molar-refractivity contribution in [1.29, 1.82) is 0 Å². The van der Waals surface area contributed by atoms with Crippen LogP contribution in [0.2, 0.25) is 0 Å². The van der Waals surface area contributed by atoms with E-state index >= 15 is 0 Å². The van der Waals surface area contributed by atoms with Crippen LogP contribution in [0.4, 0.5) is 0 Å². The fraction of sp³-hybridized carbons (Fsp3) is 0.200. The number of pyridine rings is 1. The predicted octanol–water partition coefficient (Wildman–Crippen LogP) is 1.50. The van der Waals surface area contributed by atoms with E-state index in [0.29, 0.717) is 12.4 Å². The molecule has 0 bridgehead atoms. The molecule has 0 unspecified atom stereocenters. The van der Waals surface area contributed by atoms with Gasteiger partial charge in [-0.3, -0.25) is 4.98 Å². The highest BCUT2D eigenvalue weighted by Crippen LogP contribution is 2.21. The number of rotatable bonds is 2. The number of nitrogens with zero attached hydrogens (tertiary/aromatic N) is 2. The third kappa shape index (κ3) is 1.52. The molecule has 0 spiro atoms. The second-order valence-corrected chi connectivity index (χ2v) is 3.01. The minimum Gasteiger partial charge on any atom is -0.441 e. The van der Waals surface area contributed by atoms with E-state index in [9.17, 15) is 0 Å². The third-order valence-electron chi connectivity index (χ3n) is 1.98. The van der Waals surface area contributed by atoms with Gasteiger partial charge in [-0.1, -0.05) is 0 Å². The molecule has 0 radical (unpaired) electrons. The van der Waals surface area contributed by atoms with Gasteiger partial charge in [0.05, 0.1) is 6.20 Å². The zero-order chi connectivity index (χ0) is 9.97. The average molecular weight is 189 g/mol. The standard InChI is InChI=1S/C10H11N3O/c1-7-5-13-10(14-7)9-2-3-12-6-8(9)4-11/h2-3,5-6H,4,11H2,1H3. The molecule has 14 heavy (non-hydrogen) atoms. The van der Waals surface area contributed by atoms with Crippen molar-refractivity contribution in [2.45, 2.75) is 13.5 Å². The third-order valence-corrected chi connectivity index (χ3v) is 1.98. The Labute approximate surface area is 81.8 Å². The fourth-order valence-corrected chi connectivity index (χ4v) is 1.28. The first-order valence-corrected chi connectivity index (χ1v) is 4.37. The van der Waals surface area contributed by atoms with Crippen molar-refractivity contribution in [2.24, 2.45) is 5.73 Å². The molecule has 0 aliphatic carbocycles. The monoisotopic (exact) mass is 189 g/mol. The topological polar surface area (TPSA) is 64.9 Å². The van der Waals surface area contributed by atoms with Gasteiger partial charge >= 0.3 is 0 Å². The first-order chi connectivity index (χ1) is 6.81. The molecule has 0 amide bonds. The van der Waals surface area contributed by atoms with Gasteiger partial charge < -0.3 is 10.2 Å². The fourth-order valence-electron chi connectivity index (χ4n) is 1.28. The van der Waals surface area contributed by atoms with Crippen molar-refractivity contribution in [3.8, 4) is 11.5 Å². The van der Waals surface area contributed by atoms with Crippen LogP contribution in [0.3, 0.4) is 0 Å². The van der Waals surface area contributed by atoms with Crippen LogP contribution in [-0.4, -0.2) is 9.97 Å². The smallest absolute Gasteiger partial charge is 0.226 e. The summed E-state index contributed by atoms with van der Waals surface area (Å²) in [6.45, 7) is 2.30. The maximum atomic E-state index is 5.59. The first kappa shape index (κ1) is 8.90. The van der Waals surface area contributed by atoms with Crippen LogP contribution in [-0.2, 0) is 6.54 Å². The lowest BCUT2D eigenvalue weighted by Crippen LogP contribution is -1.99. The van der Waals surface area contributed by atoms with Gasteiger partial charge in [-0.05, 0) is 18.6 Å². The molecule has 2 aromatic heterocycles. The Hall–Kier alpha value is -1.68. The van der Waals surface area contributed by atoms with E-state index in [2.05, 4.69) is 9.97 Å². The minimum absolute atomic E-state index is 0.435. The molecule has 0 aromatic carbocycles. The lowest BCUT2D eigenvalue weighted by atomic mass is 10.1. The Morgan fingerprint density at radius 2 is 2.29 bits per heavy atom. The number of oxazole rings is 1. The summed E-state index contributed by atoms with van der Waals surface area (Å²) in [5.41, 5.74) is 7.44. The van der Waals surface area contributed by atoms with Crippen LogP contribution in [0, 0.1) is 6.92 Å². The minimum atomic E-state index is 0.435. The van der Waals surface area contributed by atoms with Gasteiger partial charge in [-0.2, -0.15) is 0 Å². The molecule has 0 atom stereocenters. The summed E-state index contributed by atoms with van der Waals surface area (Å²) < 4.78 is 5.42. The molecule has 0 aliphatic rings. The summed E-state index contributed by atoms with van der Waals surface area (Å²) >= 11 is 0. The Bertz CT molecular complexity index is 436. The number of aromatic nitrogens is 2. The van der Waals surface area contributed by atoms with Crippen molar-refractivity contribution in [3.05, 3.63) is 36.0 Å².